The number of rotatable bonds is 10. The van der Waals surface area contributed by atoms with Crippen LogP contribution in [0.3, 0.4) is 0 Å². The molecule has 0 aromatic heterocycles. The van der Waals surface area contributed by atoms with Crippen molar-refractivity contribution in [2.75, 3.05) is 27.9 Å². The van der Waals surface area contributed by atoms with Crippen LogP contribution in [0.15, 0.2) is 23.4 Å². The average molecular weight is 406 g/mol. The molecule has 1 aromatic rings. The fraction of sp³-hybridized carbons (Fsp3) is 0.524. The zero-order chi connectivity index (χ0) is 21.4. The minimum Gasteiger partial charge on any atom is -0.493 e. The molecule has 0 fully saturated rings. The number of carbonyl (C=O) groups is 2. The van der Waals surface area contributed by atoms with E-state index in [9.17, 15) is 9.59 Å². The first-order chi connectivity index (χ1) is 14.0. The van der Waals surface area contributed by atoms with Crippen LogP contribution >= 0.6 is 0 Å². The Morgan fingerprint density at radius 3 is 2.24 bits per heavy atom. The summed E-state index contributed by atoms with van der Waals surface area (Å²) in [6, 6.07) is 2.40. The van der Waals surface area contributed by atoms with E-state index in [0.717, 1.165) is 19.3 Å². The Morgan fingerprint density at radius 2 is 1.72 bits per heavy atom. The van der Waals surface area contributed by atoms with Crippen molar-refractivity contribution < 1.29 is 28.5 Å². The Bertz CT molecular complexity index is 749. The van der Waals surface area contributed by atoms with Gasteiger partial charge in [-0.15, -0.1) is 0 Å². The number of amides is 2. The first-order valence-corrected chi connectivity index (χ1v) is 9.78. The second-order valence-electron chi connectivity index (χ2n) is 6.62. The van der Waals surface area contributed by atoms with E-state index in [2.05, 4.69) is 10.6 Å². The maximum Gasteiger partial charge on any atom is 0.337 e. The van der Waals surface area contributed by atoms with Crippen LogP contribution < -0.4 is 24.8 Å². The van der Waals surface area contributed by atoms with Gasteiger partial charge in [-0.3, -0.25) is 0 Å². The molecule has 0 spiro atoms. The van der Waals surface area contributed by atoms with E-state index in [0.29, 0.717) is 47.1 Å². The van der Waals surface area contributed by atoms with Crippen molar-refractivity contribution in [3.8, 4) is 17.2 Å². The molecule has 2 rings (SSSR count). The van der Waals surface area contributed by atoms with Crippen molar-refractivity contribution in [1.29, 1.82) is 0 Å². The molecule has 0 radical (unpaired) electrons. The third-order valence-electron chi connectivity index (χ3n) is 4.61. The van der Waals surface area contributed by atoms with Gasteiger partial charge in [0.2, 0.25) is 5.75 Å². The first-order valence-electron chi connectivity index (χ1n) is 9.78. The van der Waals surface area contributed by atoms with Gasteiger partial charge in [-0.1, -0.05) is 20.3 Å². The zero-order valence-electron chi connectivity index (χ0n) is 17.7. The average Bonchev–Trinajstić information content (AvgIpc) is 2.74. The van der Waals surface area contributed by atoms with Gasteiger partial charge in [-0.2, -0.15) is 0 Å². The molecule has 160 valence electrons. The Hall–Kier alpha value is -2.90. The molecule has 1 aliphatic heterocycles. The number of nitrogens with one attached hydrogen (secondary N) is 2. The Morgan fingerprint density at radius 1 is 1.07 bits per heavy atom. The topological polar surface area (TPSA) is 95.1 Å². The molecule has 2 amide bonds. The lowest BCUT2D eigenvalue weighted by Crippen LogP contribution is -2.45. The molecule has 29 heavy (non-hydrogen) atoms. The van der Waals surface area contributed by atoms with Gasteiger partial charge >= 0.3 is 12.0 Å². The van der Waals surface area contributed by atoms with Crippen molar-refractivity contribution >= 4 is 12.0 Å². The highest BCUT2D eigenvalue weighted by Gasteiger charge is 2.34. The standard InChI is InChI=1S/C21H30N2O6/c1-6-8-9-14-17(20(24)28-5)18(23-21(25)22-14)13-11-15(26-3)19(29-10-7-2)16(12-13)27-4/h11-12,18H,6-10H2,1-5H3,(H2,22,23,25). The lowest BCUT2D eigenvalue weighted by Gasteiger charge is -2.30. The number of methoxy groups -OCH3 is 3. The summed E-state index contributed by atoms with van der Waals surface area (Å²) in [4.78, 5) is 24.9. The van der Waals surface area contributed by atoms with Crippen LogP contribution in [0.25, 0.3) is 0 Å². The fourth-order valence-corrected chi connectivity index (χ4v) is 3.18. The van der Waals surface area contributed by atoms with E-state index >= 15 is 0 Å². The van der Waals surface area contributed by atoms with Gasteiger partial charge in [0.05, 0.1) is 39.6 Å². The molecule has 2 N–H and O–H groups in total. The quantitative estimate of drug-likeness (QED) is 0.578. The van der Waals surface area contributed by atoms with Crippen LogP contribution in [0.2, 0.25) is 0 Å². The molecule has 0 saturated heterocycles. The molecule has 1 heterocycles. The van der Waals surface area contributed by atoms with Gasteiger partial charge in [-0.25, -0.2) is 9.59 Å². The summed E-state index contributed by atoms with van der Waals surface area (Å²) in [7, 11) is 4.38. The molecule has 0 bridgehead atoms. The minimum absolute atomic E-state index is 0.367. The Labute approximate surface area is 171 Å². The lowest BCUT2D eigenvalue weighted by molar-refractivity contribution is -0.136. The van der Waals surface area contributed by atoms with Crippen molar-refractivity contribution in [2.45, 2.75) is 45.6 Å². The molecular formula is C21H30N2O6. The fourth-order valence-electron chi connectivity index (χ4n) is 3.18. The number of allylic oxidation sites excluding steroid dienone is 1. The third-order valence-corrected chi connectivity index (χ3v) is 4.61. The van der Waals surface area contributed by atoms with Crippen LogP contribution in [0, 0.1) is 0 Å². The largest absolute Gasteiger partial charge is 0.493 e. The Kier molecular flexibility index (Phi) is 8.18. The molecular weight excluding hydrogens is 376 g/mol. The summed E-state index contributed by atoms with van der Waals surface area (Å²) in [5.41, 5.74) is 1.57. The van der Waals surface area contributed by atoms with E-state index in [1.165, 1.54) is 21.3 Å². The van der Waals surface area contributed by atoms with Crippen LogP contribution in [0.1, 0.15) is 51.1 Å². The van der Waals surface area contributed by atoms with E-state index in [1.54, 1.807) is 12.1 Å². The van der Waals surface area contributed by atoms with E-state index in [4.69, 9.17) is 18.9 Å². The SMILES string of the molecule is CCCCC1=C(C(=O)OC)C(c2cc(OC)c(OCCC)c(OC)c2)NC(=O)N1. The van der Waals surface area contributed by atoms with Crippen molar-refractivity contribution in [3.05, 3.63) is 29.0 Å². The highest BCUT2D eigenvalue weighted by Crippen LogP contribution is 2.42. The number of hydrogen-bond acceptors (Lipinski definition) is 6. The molecule has 8 nitrogen and oxygen atoms in total. The summed E-state index contributed by atoms with van der Waals surface area (Å²) in [6.07, 6.45) is 3.15. The Balaban J connectivity index is 2.59. The number of benzene rings is 1. The van der Waals surface area contributed by atoms with Crippen LogP contribution in [-0.4, -0.2) is 39.9 Å². The molecule has 0 saturated carbocycles. The molecule has 1 aromatic carbocycles. The first kappa shape index (κ1) is 22.4. The summed E-state index contributed by atoms with van der Waals surface area (Å²) < 4.78 is 21.8. The number of hydrogen-bond donors (Lipinski definition) is 2. The summed E-state index contributed by atoms with van der Waals surface area (Å²) in [5, 5.41) is 5.56. The molecule has 8 heteroatoms. The summed E-state index contributed by atoms with van der Waals surface area (Å²) in [6.45, 7) is 4.55. The number of carbonyl (C=O) groups excluding carboxylic acids is 2. The number of ether oxygens (including phenoxy) is 4. The minimum atomic E-state index is -0.703. The summed E-state index contributed by atoms with van der Waals surface area (Å²) >= 11 is 0. The van der Waals surface area contributed by atoms with Gasteiger partial charge in [0.15, 0.2) is 11.5 Å². The second-order valence-corrected chi connectivity index (χ2v) is 6.62. The molecule has 1 atom stereocenters. The molecule has 1 aliphatic rings. The van der Waals surface area contributed by atoms with Gasteiger partial charge in [0.1, 0.15) is 0 Å². The zero-order valence-corrected chi connectivity index (χ0v) is 17.7. The van der Waals surface area contributed by atoms with Gasteiger partial charge in [0, 0.05) is 5.70 Å². The van der Waals surface area contributed by atoms with E-state index in [-0.39, 0.29) is 6.03 Å². The normalized spacial score (nSPS) is 16.0. The van der Waals surface area contributed by atoms with Crippen LogP contribution in [-0.2, 0) is 9.53 Å². The van der Waals surface area contributed by atoms with Gasteiger partial charge in [-0.05, 0) is 37.0 Å². The molecule has 1 unspecified atom stereocenters. The van der Waals surface area contributed by atoms with Crippen molar-refractivity contribution in [3.63, 3.8) is 0 Å². The smallest absolute Gasteiger partial charge is 0.337 e. The monoisotopic (exact) mass is 406 g/mol. The van der Waals surface area contributed by atoms with Gasteiger partial charge in [0.25, 0.3) is 0 Å². The van der Waals surface area contributed by atoms with Crippen molar-refractivity contribution in [2.24, 2.45) is 0 Å². The van der Waals surface area contributed by atoms with Crippen molar-refractivity contribution in [1.82, 2.24) is 10.6 Å². The van der Waals surface area contributed by atoms with E-state index < -0.39 is 12.0 Å². The van der Waals surface area contributed by atoms with E-state index in [1.807, 2.05) is 13.8 Å². The predicted octanol–water partition coefficient (Wildman–Crippen LogP) is 3.46. The maximum absolute atomic E-state index is 12.6. The highest BCUT2D eigenvalue weighted by atomic mass is 16.5. The lowest BCUT2D eigenvalue weighted by atomic mass is 9.93. The highest BCUT2D eigenvalue weighted by molar-refractivity contribution is 5.95. The number of esters is 1. The van der Waals surface area contributed by atoms with Crippen LogP contribution in [0.4, 0.5) is 4.79 Å². The predicted molar refractivity (Wildman–Crippen MR) is 108 cm³/mol. The second kappa shape index (κ2) is 10.6. The van der Waals surface area contributed by atoms with Crippen LogP contribution in [0.5, 0.6) is 17.2 Å². The third kappa shape index (κ3) is 5.13. The number of urea groups is 1. The maximum atomic E-state index is 12.6. The number of unbranched alkanes of at least 4 members (excludes halogenated alkanes) is 1. The molecule has 0 aliphatic carbocycles. The van der Waals surface area contributed by atoms with Gasteiger partial charge < -0.3 is 29.6 Å². The summed E-state index contributed by atoms with van der Waals surface area (Å²) in [5.74, 6) is 0.897.